The fourth-order valence-electron chi connectivity index (χ4n) is 3.59. The zero-order valence-electron chi connectivity index (χ0n) is 15.3. The third-order valence-electron chi connectivity index (χ3n) is 5.02. The largest absolute Gasteiger partial charge is 0.497 e. The van der Waals surface area contributed by atoms with Crippen LogP contribution < -0.4 is 4.74 Å². The van der Waals surface area contributed by atoms with Crippen LogP contribution in [0.1, 0.15) is 36.8 Å². The molecule has 0 amide bonds. The van der Waals surface area contributed by atoms with Gasteiger partial charge in [0.1, 0.15) is 11.6 Å². The molecule has 1 saturated heterocycles. The summed E-state index contributed by atoms with van der Waals surface area (Å²) in [7, 11) is 1.64. The van der Waals surface area contributed by atoms with E-state index in [9.17, 15) is 4.39 Å². The maximum Gasteiger partial charge on any atom is 0.241 e. The first-order valence-electron chi connectivity index (χ1n) is 9.19. The van der Waals surface area contributed by atoms with Crippen molar-refractivity contribution in [1.29, 1.82) is 0 Å². The Bertz CT molecular complexity index is 877. The summed E-state index contributed by atoms with van der Waals surface area (Å²) in [6, 6.07) is 14.6. The van der Waals surface area contributed by atoms with E-state index >= 15 is 0 Å². The van der Waals surface area contributed by atoms with E-state index in [1.54, 1.807) is 7.11 Å². The van der Waals surface area contributed by atoms with Crippen LogP contribution in [-0.4, -0.2) is 28.7 Å². The van der Waals surface area contributed by atoms with Gasteiger partial charge in [0.25, 0.3) is 0 Å². The third kappa shape index (κ3) is 4.01. The number of hydrogen-bond donors (Lipinski definition) is 0. The summed E-state index contributed by atoms with van der Waals surface area (Å²) >= 11 is 0. The minimum Gasteiger partial charge on any atom is -0.497 e. The minimum absolute atomic E-state index is 0.206. The van der Waals surface area contributed by atoms with Crippen molar-refractivity contribution in [2.45, 2.75) is 31.8 Å². The van der Waals surface area contributed by atoms with Crippen molar-refractivity contribution >= 4 is 0 Å². The molecule has 4 rings (SSSR count). The lowest BCUT2D eigenvalue weighted by atomic mass is 9.95. The number of methoxy groups -OCH3 is 1. The molecule has 0 saturated carbocycles. The van der Waals surface area contributed by atoms with Crippen LogP contribution in [0.25, 0.3) is 11.4 Å². The SMILES string of the molecule is COc1ccc(-c2noc(CN3CCCC[C@H]3c3ccc(F)cc3)n2)cc1. The Kier molecular flexibility index (Phi) is 5.16. The molecular formula is C21H22FN3O2. The van der Waals surface area contributed by atoms with Crippen molar-refractivity contribution in [3.63, 3.8) is 0 Å². The molecule has 2 aromatic carbocycles. The number of rotatable bonds is 5. The Balaban J connectivity index is 1.50. The Morgan fingerprint density at radius 3 is 2.63 bits per heavy atom. The maximum absolute atomic E-state index is 13.3. The highest BCUT2D eigenvalue weighted by atomic mass is 19.1. The van der Waals surface area contributed by atoms with Gasteiger partial charge >= 0.3 is 0 Å². The van der Waals surface area contributed by atoms with Gasteiger partial charge in [-0.2, -0.15) is 4.98 Å². The lowest BCUT2D eigenvalue weighted by Gasteiger charge is -2.35. The lowest BCUT2D eigenvalue weighted by molar-refractivity contribution is 0.124. The van der Waals surface area contributed by atoms with Crippen LogP contribution in [0.15, 0.2) is 53.1 Å². The van der Waals surface area contributed by atoms with E-state index in [0.29, 0.717) is 18.3 Å². The Hall–Kier alpha value is -2.73. The van der Waals surface area contributed by atoms with E-state index in [1.807, 2.05) is 36.4 Å². The van der Waals surface area contributed by atoms with Crippen molar-refractivity contribution in [2.75, 3.05) is 13.7 Å². The number of likely N-dealkylation sites (tertiary alicyclic amines) is 1. The first-order valence-corrected chi connectivity index (χ1v) is 9.19. The molecule has 0 aliphatic carbocycles. The molecule has 1 atom stereocenters. The first-order chi connectivity index (χ1) is 13.2. The summed E-state index contributed by atoms with van der Waals surface area (Å²) in [6.07, 6.45) is 3.35. The summed E-state index contributed by atoms with van der Waals surface area (Å²) in [5.74, 6) is 1.75. The van der Waals surface area contributed by atoms with Crippen LogP contribution in [0.4, 0.5) is 4.39 Å². The predicted octanol–water partition coefficient (Wildman–Crippen LogP) is 4.61. The average molecular weight is 367 g/mol. The molecule has 1 fully saturated rings. The van der Waals surface area contributed by atoms with Gasteiger partial charge in [-0.15, -0.1) is 0 Å². The fourth-order valence-corrected chi connectivity index (χ4v) is 3.59. The van der Waals surface area contributed by atoms with E-state index in [2.05, 4.69) is 15.0 Å². The molecule has 0 unspecified atom stereocenters. The van der Waals surface area contributed by atoms with Gasteiger partial charge in [0.2, 0.25) is 11.7 Å². The van der Waals surface area contributed by atoms with Crippen molar-refractivity contribution < 1.29 is 13.7 Å². The second-order valence-corrected chi connectivity index (χ2v) is 6.77. The molecule has 0 radical (unpaired) electrons. The molecule has 1 aliphatic rings. The molecule has 0 N–H and O–H groups in total. The van der Waals surface area contributed by atoms with Gasteiger partial charge in [0, 0.05) is 11.6 Å². The minimum atomic E-state index is -0.206. The average Bonchev–Trinajstić information content (AvgIpc) is 3.18. The van der Waals surface area contributed by atoms with Crippen LogP contribution >= 0.6 is 0 Å². The quantitative estimate of drug-likeness (QED) is 0.659. The van der Waals surface area contributed by atoms with Crippen LogP contribution in [0.5, 0.6) is 5.75 Å². The van der Waals surface area contributed by atoms with E-state index in [0.717, 1.165) is 36.3 Å². The van der Waals surface area contributed by atoms with Gasteiger partial charge < -0.3 is 9.26 Å². The van der Waals surface area contributed by atoms with E-state index < -0.39 is 0 Å². The number of ether oxygens (including phenoxy) is 1. The van der Waals surface area contributed by atoms with E-state index in [1.165, 1.54) is 18.6 Å². The summed E-state index contributed by atoms with van der Waals surface area (Å²) < 4.78 is 23.9. The highest BCUT2D eigenvalue weighted by molar-refractivity contribution is 5.55. The van der Waals surface area contributed by atoms with Crippen molar-refractivity contribution in [3.05, 3.63) is 65.8 Å². The van der Waals surface area contributed by atoms with Gasteiger partial charge in [-0.05, 0) is 61.3 Å². The van der Waals surface area contributed by atoms with Crippen LogP contribution in [0, 0.1) is 5.82 Å². The second-order valence-electron chi connectivity index (χ2n) is 6.77. The summed E-state index contributed by atoms with van der Waals surface area (Å²) in [5.41, 5.74) is 2.02. The summed E-state index contributed by atoms with van der Waals surface area (Å²) in [5, 5.41) is 4.11. The monoisotopic (exact) mass is 367 g/mol. The van der Waals surface area contributed by atoms with Crippen molar-refractivity contribution in [1.82, 2.24) is 15.0 Å². The maximum atomic E-state index is 13.3. The zero-order valence-corrected chi connectivity index (χ0v) is 15.3. The first kappa shape index (κ1) is 17.7. The van der Waals surface area contributed by atoms with Crippen LogP contribution in [0.2, 0.25) is 0 Å². The Labute approximate surface area is 157 Å². The summed E-state index contributed by atoms with van der Waals surface area (Å²) in [4.78, 5) is 6.89. The fraction of sp³-hybridized carbons (Fsp3) is 0.333. The van der Waals surface area contributed by atoms with Crippen LogP contribution in [-0.2, 0) is 6.54 Å². The van der Waals surface area contributed by atoms with Gasteiger partial charge in [-0.1, -0.05) is 23.7 Å². The smallest absolute Gasteiger partial charge is 0.241 e. The molecule has 2 heterocycles. The number of piperidine rings is 1. The molecular weight excluding hydrogens is 345 g/mol. The molecule has 6 heteroatoms. The number of aromatic nitrogens is 2. The second kappa shape index (κ2) is 7.88. The number of hydrogen-bond acceptors (Lipinski definition) is 5. The molecule has 5 nitrogen and oxygen atoms in total. The number of benzene rings is 2. The molecule has 1 aromatic heterocycles. The predicted molar refractivity (Wildman–Crippen MR) is 99.7 cm³/mol. The van der Waals surface area contributed by atoms with Gasteiger partial charge in [-0.3, -0.25) is 4.90 Å². The Morgan fingerprint density at radius 2 is 1.89 bits per heavy atom. The Morgan fingerprint density at radius 1 is 1.11 bits per heavy atom. The van der Waals surface area contributed by atoms with Crippen molar-refractivity contribution in [3.8, 4) is 17.1 Å². The normalized spacial score (nSPS) is 17.8. The highest BCUT2D eigenvalue weighted by Gasteiger charge is 2.25. The topological polar surface area (TPSA) is 51.4 Å². The number of halogens is 1. The molecule has 1 aliphatic heterocycles. The van der Waals surface area contributed by atoms with E-state index in [-0.39, 0.29) is 11.9 Å². The van der Waals surface area contributed by atoms with Gasteiger partial charge in [0.05, 0.1) is 13.7 Å². The lowest BCUT2D eigenvalue weighted by Crippen LogP contribution is -2.33. The zero-order chi connectivity index (χ0) is 18.6. The molecule has 0 bridgehead atoms. The molecule has 0 spiro atoms. The van der Waals surface area contributed by atoms with Gasteiger partial charge in [0.15, 0.2) is 0 Å². The van der Waals surface area contributed by atoms with E-state index in [4.69, 9.17) is 9.26 Å². The standard InChI is InChI=1S/C21H22FN3O2/c1-26-18-11-7-16(8-12-18)21-23-20(27-24-21)14-25-13-3-2-4-19(25)15-5-9-17(22)10-6-15/h5-12,19H,2-4,13-14H2,1H3/t19-/m0/s1. The third-order valence-corrected chi connectivity index (χ3v) is 5.02. The highest BCUT2D eigenvalue weighted by Crippen LogP contribution is 2.32. The van der Waals surface area contributed by atoms with Crippen molar-refractivity contribution in [2.24, 2.45) is 0 Å². The van der Waals surface area contributed by atoms with Gasteiger partial charge in [-0.25, -0.2) is 4.39 Å². The van der Waals surface area contributed by atoms with Crippen LogP contribution in [0.3, 0.4) is 0 Å². The summed E-state index contributed by atoms with van der Waals surface area (Å²) in [6.45, 7) is 1.55. The number of nitrogens with zero attached hydrogens (tertiary/aromatic N) is 3. The molecule has 3 aromatic rings. The molecule has 27 heavy (non-hydrogen) atoms. The molecule has 140 valence electrons.